The lowest BCUT2D eigenvalue weighted by molar-refractivity contribution is -0.137. The molecular weight excluding hydrogens is 348 g/mol. The molecule has 0 aromatic heterocycles. The smallest absolute Gasteiger partial charge is 0.225 e. The van der Waals surface area contributed by atoms with E-state index in [4.69, 9.17) is 0 Å². The van der Waals surface area contributed by atoms with Crippen molar-refractivity contribution in [2.45, 2.75) is 65.8 Å². The summed E-state index contributed by atoms with van der Waals surface area (Å²) in [6.45, 7) is 10.2. The lowest BCUT2D eigenvalue weighted by Gasteiger charge is -2.33. The first-order chi connectivity index (χ1) is 13.3. The topological polar surface area (TPSA) is 49.4 Å². The predicted octanol–water partition coefficient (Wildman–Crippen LogP) is 4.35. The molecule has 0 bridgehead atoms. The highest BCUT2D eigenvalue weighted by atomic mass is 16.2. The molecule has 1 aliphatic carbocycles. The lowest BCUT2D eigenvalue weighted by atomic mass is 9.91. The van der Waals surface area contributed by atoms with Crippen molar-refractivity contribution in [3.8, 4) is 0 Å². The van der Waals surface area contributed by atoms with Crippen LogP contribution in [0.5, 0.6) is 0 Å². The van der Waals surface area contributed by atoms with Crippen LogP contribution in [-0.2, 0) is 16.0 Å². The first kappa shape index (κ1) is 20.9. The van der Waals surface area contributed by atoms with E-state index in [1.807, 2.05) is 4.90 Å². The highest BCUT2D eigenvalue weighted by Crippen LogP contribution is 2.32. The van der Waals surface area contributed by atoms with Gasteiger partial charge in [0, 0.05) is 24.9 Å². The van der Waals surface area contributed by atoms with Gasteiger partial charge >= 0.3 is 0 Å². The molecule has 2 amide bonds. The normalized spacial score (nSPS) is 19.1. The van der Waals surface area contributed by atoms with Crippen molar-refractivity contribution < 1.29 is 9.59 Å². The molecule has 1 saturated carbocycles. The van der Waals surface area contributed by atoms with Crippen LogP contribution in [0.15, 0.2) is 24.3 Å². The predicted molar refractivity (Wildman–Crippen MR) is 113 cm³/mol. The van der Waals surface area contributed by atoms with E-state index in [1.165, 1.54) is 11.1 Å². The number of hydrogen-bond donors (Lipinski definition) is 1. The van der Waals surface area contributed by atoms with Crippen molar-refractivity contribution in [3.63, 3.8) is 0 Å². The van der Waals surface area contributed by atoms with Crippen LogP contribution in [0.4, 0.5) is 0 Å². The van der Waals surface area contributed by atoms with Crippen molar-refractivity contribution in [1.29, 1.82) is 0 Å². The third-order valence-electron chi connectivity index (χ3n) is 6.05. The molecular formula is C24H36N2O2. The number of nitrogens with zero attached hydrogens (tertiary/aromatic N) is 1. The second kappa shape index (κ2) is 9.11. The fourth-order valence-electron chi connectivity index (χ4n) is 4.19. The van der Waals surface area contributed by atoms with Crippen molar-refractivity contribution in [1.82, 2.24) is 10.2 Å². The van der Waals surface area contributed by atoms with E-state index in [0.29, 0.717) is 17.7 Å². The quantitative estimate of drug-likeness (QED) is 0.760. The second-order valence-electron chi connectivity index (χ2n) is 9.44. The zero-order chi connectivity index (χ0) is 20.3. The molecule has 1 aromatic rings. The zero-order valence-electron chi connectivity index (χ0n) is 17.9. The first-order valence-corrected chi connectivity index (χ1v) is 11.0. The molecule has 1 N–H and O–H groups in total. The molecule has 0 spiro atoms. The molecule has 3 rings (SSSR count). The van der Waals surface area contributed by atoms with E-state index >= 15 is 0 Å². The fourth-order valence-corrected chi connectivity index (χ4v) is 4.19. The zero-order valence-corrected chi connectivity index (χ0v) is 17.9. The Morgan fingerprint density at radius 3 is 2.07 bits per heavy atom. The van der Waals surface area contributed by atoms with Gasteiger partial charge in [0.05, 0.1) is 6.04 Å². The van der Waals surface area contributed by atoms with E-state index in [1.54, 1.807) is 0 Å². The summed E-state index contributed by atoms with van der Waals surface area (Å²) in [6.07, 6.45) is 4.73. The molecule has 1 atom stereocenters. The Labute approximate surface area is 170 Å². The molecule has 28 heavy (non-hydrogen) atoms. The summed E-state index contributed by atoms with van der Waals surface area (Å²) in [5.41, 5.74) is 2.53. The Bertz CT molecular complexity index is 668. The van der Waals surface area contributed by atoms with Crippen LogP contribution in [0.1, 0.15) is 70.5 Å². The standard InChI is InChI=1S/C24H36N2O2/c1-16(2)15-18-5-7-19(8-6-18)22(17(3)4)25-23(27)20-11-13-26(14-12-20)24(28)21-9-10-21/h5-8,16-17,20-22H,9-15H2,1-4H3,(H,25,27). The number of hydrogen-bond acceptors (Lipinski definition) is 2. The average Bonchev–Trinajstić information content (AvgIpc) is 3.51. The SMILES string of the molecule is CC(C)Cc1ccc(C(NC(=O)C2CCN(C(=O)C3CC3)CC2)C(C)C)cc1. The van der Waals surface area contributed by atoms with Crippen molar-refractivity contribution in [2.24, 2.45) is 23.7 Å². The van der Waals surface area contributed by atoms with Gasteiger partial charge in [0.25, 0.3) is 0 Å². The molecule has 1 aliphatic heterocycles. The molecule has 0 radical (unpaired) electrons. The number of rotatable bonds is 7. The van der Waals surface area contributed by atoms with Crippen LogP contribution in [-0.4, -0.2) is 29.8 Å². The van der Waals surface area contributed by atoms with Crippen molar-refractivity contribution in [2.75, 3.05) is 13.1 Å². The summed E-state index contributed by atoms with van der Waals surface area (Å²) in [7, 11) is 0. The summed E-state index contributed by atoms with van der Waals surface area (Å²) < 4.78 is 0. The molecule has 1 unspecified atom stereocenters. The summed E-state index contributed by atoms with van der Waals surface area (Å²) >= 11 is 0. The van der Waals surface area contributed by atoms with Crippen LogP contribution in [0.25, 0.3) is 0 Å². The van der Waals surface area contributed by atoms with Gasteiger partial charge in [-0.1, -0.05) is 52.0 Å². The van der Waals surface area contributed by atoms with E-state index in [9.17, 15) is 9.59 Å². The van der Waals surface area contributed by atoms with E-state index in [2.05, 4.69) is 57.3 Å². The Balaban J connectivity index is 1.56. The van der Waals surface area contributed by atoms with E-state index in [-0.39, 0.29) is 23.8 Å². The summed E-state index contributed by atoms with van der Waals surface area (Å²) in [4.78, 5) is 27.1. The maximum Gasteiger partial charge on any atom is 0.225 e. The van der Waals surface area contributed by atoms with Crippen molar-refractivity contribution in [3.05, 3.63) is 35.4 Å². The molecule has 154 valence electrons. The number of likely N-dealkylation sites (tertiary alicyclic amines) is 1. The minimum Gasteiger partial charge on any atom is -0.349 e. The number of carbonyl (C=O) groups is 2. The van der Waals surface area contributed by atoms with Gasteiger partial charge in [-0.05, 0) is 55.1 Å². The van der Waals surface area contributed by atoms with Crippen LogP contribution < -0.4 is 5.32 Å². The fraction of sp³-hybridized carbons (Fsp3) is 0.667. The average molecular weight is 385 g/mol. The van der Waals surface area contributed by atoms with Crippen molar-refractivity contribution >= 4 is 11.8 Å². The molecule has 4 nitrogen and oxygen atoms in total. The van der Waals surface area contributed by atoms with Gasteiger partial charge in [0.2, 0.25) is 11.8 Å². The molecule has 2 aliphatic rings. The minimum absolute atomic E-state index is 0.0183. The maximum atomic E-state index is 12.9. The van der Waals surface area contributed by atoms with Gasteiger partial charge in [-0.3, -0.25) is 9.59 Å². The Morgan fingerprint density at radius 2 is 1.57 bits per heavy atom. The molecule has 4 heteroatoms. The van der Waals surface area contributed by atoms with Gasteiger partial charge < -0.3 is 10.2 Å². The largest absolute Gasteiger partial charge is 0.349 e. The van der Waals surface area contributed by atoms with Crippen LogP contribution in [0.2, 0.25) is 0 Å². The highest BCUT2D eigenvalue weighted by molar-refractivity contribution is 5.82. The maximum absolute atomic E-state index is 12.9. The van der Waals surface area contributed by atoms with E-state index < -0.39 is 0 Å². The van der Waals surface area contributed by atoms with Gasteiger partial charge in [0.1, 0.15) is 0 Å². The minimum atomic E-state index is 0.0183. The van der Waals surface area contributed by atoms with Gasteiger partial charge in [-0.15, -0.1) is 0 Å². The summed E-state index contributed by atoms with van der Waals surface area (Å²) in [5, 5.41) is 3.30. The van der Waals surface area contributed by atoms with Gasteiger partial charge in [-0.25, -0.2) is 0 Å². The first-order valence-electron chi connectivity index (χ1n) is 11.0. The number of benzene rings is 1. The Morgan fingerprint density at radius 1 is 0.964 bits per heavy atom. The lowest BCUT2D eigenvalue weighted by Crippen LogP contribution is -2.44. The number of nitrogens with one attached hydrogen (secondary N) is 1. The van der Waals surface area contributed by atoms with Crippen LogP contribution >= 0.6 is 0 Å². The number of amides is 2. The number of carbonyl (C=O) groups excluding carboxylic acids is 2. The molecule has 2 fully saturated rings. The van der Waals surface area contributed by atoms with Gasteiger partial charge in [0.15, 0.2) is 0 Å². The molecule has 1 aromatic carbocycles. The van der Waals surface area contributed by atoms with Gasteiger partial charge in [-0.2, -0.15) is 0 Å². The third kappa shape index (κ3) is 5.36. The Kier molecular flexibility index (Phi) is 6.79. The van der Waals surface area contributed by atoms with Crippen LogP contribution in [0.3, 0.4) is 0 Å². The third-order valence-corrected chi connectivity index (χ3v) is 6.05. The Hall–Kier alpha value is -1.84. The second-order valence-corrected chi connectivity index (χ2v) is 9.44. The summed E-state index contributed by atoms with van der Waals surface area (Å²) in [5.74, 6) is 1.71. The van der Waals surface area contributed by atoms with E-state index in [0.717, 1.165) is 45.2 Å². The molecule has 1 heterocycles. The molecule has 1 saturated heterocycles. The van der Waals surface area contributed by atoms with Crippen LogP contribution in [0, 0.1) is 23.7 Å². The monoisotopic (exact) mass is 384 g/mol. The number of piperidine rings is 1. The summed E-state index contributed by atoms with van der Waals surface area (Å²) in [6, 6.07) is 8.75. The highest BCUT2D eigenvalue weighted by Gasteiger charge is 2.36.